The van der Waals surface area contributed by atoms with Gasteiger partial charge in [0.2, 0.25) is 0 Å². The number of aromatic amines is 1. The number of hydrogen-bond acceptors (Lipinski definition) is 3. The average molecular weight is 286 g/mol. The summed E-state index contributed by atoms with van der Waals surface area (Å²) in [6.45, 7) is 5.93. The Morgan fingerprint density at radius 3 is 2.90 bits per heavy atom. The highest BCUT2D eigenvalue weighted by molar-refractivity contribution is 5.97. The summed E-state index contributed by atoms with van der Waals surface area (Å²) in [7, 11) is 1.88. The highest BCUT2D eigenvalue weighted by Crippen LogP contribution is 2.15. The van der Waals surface area contributed by atoms with Crippen LogP contribution in [-0.4, -0.2) is 67.0 Å². The molecule has 1 saturated heterocycles. The van der Waals surface area contributed by atoms with E-state index >= 15 is 0 Å². The number of benzene rings is 1. The third kappa shape index (κ3) is 3.25. The Labute approximate surface area is 124 Å². The molecule has 0 unspecified atom stereocenters. The van der Waals surface area contributed by atoms with E-state index in [2.05, 4.69) is 15.2 Å². The lowest BCUT2D eigenvalue weighted by molar-refractivity contribution is 0.0775. The molecule has 1 aliphatic heterocycles. The van der Waals surface area contributed by atoms with Gasteiger partial charge >= 0.3 is 0 Å². The number of likely N-dealkylation sites (N-methyl/N-ethyl adjacent to an activating group) is 1. The number of H-pyrrole nitrogens is 1. The second-order valence-corrected chi connectivity index (χ2v) is 5.60. The first-order chi connectivity index (χ1) is 10.2. The second kappa shape index (κ2) is 6.28. The van der Waals surface area contributed by atoms with Gasteiger partial charge in [0.25, 0.3) is 5.91 Å². The fraction of sp³-hybridized carbons (Fsp3) is 0.438. The summed E-state index contributed by atoms with van der Waals surface area (Å²) in [5.41, 5.74) is 1.82. The van der Waals surface area contributed by atoms with Crippen LogP contribution in [0.3, 0.4) is 0 Å². The Morgan fingerprint density at radius 2 is 2.10 bits per heavy atom. The molecule has 0 spiro atoms. The van der Waals surface area contributed by atoms with Crippen molar-refractivity contribution < 1.29 is 4.79 Å². The van der Waals surface area contributed by atoms with Crippen molar-refractivity contribution >= 4 is 16.8 Å². The normalized spacial score (nSPS) is 16.2. The predicted molar refractivity (Wildman–Crippen MR) is 84.6 cm³/mol. The third-order valence-corrected chi connectivity index (χ3v) is 4.11. The minimum absolute atomic E-state index is 0.0910. The number of amides is 1. The van der Waals surface area contributed by atoms with E-state index < -0.39 is 0 Å². The van der Waals surface area contributed by atoms with Gasteiger partial charge in [-0.25, -0.2) is 0 Å². The molecule has 2 aromatic rings. The van der Waals surface area contributed by atoms with E-state index in [0.29, 0.717) is 0 Å². The summed E-state index contributed by atoms with van der Waals surface area (Å²) in [6, 6.07) is 7.80. The van der Waals surface area contributed by atoms with Gasteiger partial charge in [-0.1, -0.05) is 0 Å². The summed E-state index contributed by atoms with van der Waals surface area (Å²) < 4.78 is 0. The van der Waals surface area contributed by atoms with Crippen molar-refractivity contribution in [1.82, 2.24) is 20.1 Å². The fourth-order valence-electron chi connectivity index (χ4n) is 2.73. The number of aromatic nitrogens is 1. The summed E-state index contributed by atoms with van der Waals surface area (Å²) in [4.78, 5) is 19.8. The Bertz CT molecular complexity index is 616. The maximum absolute atomic E-state index is 12.5. The zero-order chi connectivity index (χ0) is 14.7. The van der Waals surface area contributed by atoms with Crippen molar-refractivity contribution in [2.45, 2.75) is 0 Å². The number of hydrogen-bond donors (Lipinski definition) is 2. The molecule has 5 nitrogen and oxygen atoms in total. The first kappa shape index (κ1) is 14.1. The number of rotatable bonds is 4. The molecule has 0 radical (unpaired) electrons. The lowest BCUT2D eigenvalue weighted by Gasteiger charge is -2.29. The highest BCUT2D eigenvalue weighted by atomic mass is 16.2. The Morgan fingerprint density at radius 1 is 1.29 bits per heavy atom. The molecule has 2 N–H and O–H groups in total. The van der Waals surface area contributed by atoms with Crippen LogP contribution in [-0.2, 0) is 0 Å². The largest absolute Gasteiger partial charge is 0.361 e. The van der Waals surface area contributed by atoms with Crippen molar-refractivity contribution in [3.05, 3.63) is 36.0 Å². The van der Waals surface area contributed by atoms with Crippen molar-refractivity contribution in [3.8, 4) is 0 Å². The van der Waals surface area contributed by atoms with E-state index in [1.807, 2.05) is 42.4 Å². The number of carbonyl (C=O) groups excluding carboxylic acids is 1. The molecule has 0 atom stereocenters. The first-order valence-corrected chi connectivity index (χ1v) is 7.50. The summed E-state index contributed by atoms with van der Waals surface area (Å²) >= 11 is 0. The molecule has 1 amide bonds. The quantitative estimate of drug-likeness (QED) is 0.886. The zero-order valence-corrected chi connectivity index (χ0v) is 12.4. The van der Waals surface area contributed by atoms with Gasteiger partial charge in [-0.15, -0.1) is 0 Å². The smallest absolute Gasteiger partial charge is 0.253 e. The molecule has 112 valence electrons. The molecular weight excluding hydrogens is 264 g/mol. The molecule has 1 aliphatic rings. The van der Waals surface area contributed by atoms with Crippen LogP contribution in [0, 0.1) is 0 Å². The summed E-state index contributed by atoms with van der Waals surface area (Å²) in [6.07, 6.45) is 1.90. The lowest BCUT2D eigenvalue weighted by Crippen LogP contribution is -2.46. The Balaban J connectivity index is 1.60. The molecule has 21 heavy (non-hydrogen) atoms. The topological polar surface area (TPSA) is 51.4 Å². The number of fused-ring (bicyclic) bond motifs is 1. The SMILES string of the molecule is CN(CCN1CCNCC1)C(=O)c1ccc2[nH]ccc2c1. The van der Waals surface area contributed by atoms with Crippen LogP contribution in [0.25, 0.3) is 10.9 Å². The molecule has 0 saturated carbocycles. The molecule has 1 fully saturated rings. The summed E-state index contributed by atoms with van der Waals surface area (Å²) in [5.74, 6) is 0.0910. The molecule has 2 heterocycles. The van der Waals surface area contributed by atoms with Crippen LogP contribution in [0.15, 0.2) is 30.5 Å². The average Bonchev–Trinajstić information content (AvgIpc) is 3.00. The molecule has 0 aliphatic carbocycles. The number of nitrogens with zero attached hydrogens (tertiary/aromatic N) is 2. The van der Waals surface area contributed by atoms with Crippen LogP contribution in [0.2, 0.25) is 0 Å². The predicted octanol–water partition coefficient (Wildman–Crippen LogP) is 1.15. The molecule has 1 aromatic heterocycles. The maximum Gasteiger partial charge on any atom is 0.253 e. The molecule has 3 rings (SSSR count). The van der Waals surface area contributed by atoms with E-state index in [1.165, 1.54) is 0 Å². The lowest BCUT2D eigenvalue weighted by atomic mass is 10.1. The van der Waals surface area contributed by atoms with Crippen molar-refractivity contribution in [2.75, 3.05) is 46.3 Å². The van der Waals surface area contributed by atoms with E-state index in [-0.39, 0.29) is 5.91 Å². The van der Waals surface area contributed by atoms with E-state index in [0.717, 1.165) is 55.7 Å². The molecule has 0 bridgehead atoms. The van der Waals surface area contributed by atoms with Gasteiger partial charge in [0.05, 0.1) is 0 Å². The van der Waals surface area contributed by atoms with Gasteiger partial charge < -0.3 is 15.2 Å². The number of piperazine rings is 1. The van der Waals surface area contributed by atoms with E-state index in [1.54, 1.807) is 0 Å². The van der Waals surface area contributed by atoms with Crippen LogP contribution in [0.4, 0.5) is 0 Å². The van der Waals surface area contributed by atoms with E-state index in [4.69, 9.17) is 0 Å². The monoisotopic (exact) mass is 286 g/mol. The van der Waals surface area contributed by atoms with Gasteiger partial charge in [-0.2, -0.15) is 0 Å². The molecule has 1 aromatic carbocycles. The third-order valence-electron chi connectivity index (χ3n) is 4.11. The highest BCUT2D eigenvalue weighted by Gasteiger charge is 2.15. The van der Waals surface area contributed by atoms with Gasteiger partial charge in [0, 0.05) is 69.0 Å². The first-order valence-electron chi connectivity index (χ1n) is 7.50. The van der Waals surface area contributed by atoms with Crippen molar-refractivity contribution in [3.63, 3.8) is 0 Å². The van der Waals surface area contributed by atoms with E-state index in [9.17, 15) is 4.79 Å². The van der Waals surface area contributed by atoms with Gasteiger partial charge in [0.1, 0.15) is 0 Å². The van der Waals surface area contributed by atoms with Crippen LogP contribution >= 0.6 is 0 Å². The van der Waals surface area contributed by atoms with Crippen LogP contribution in [0.5, 0.6) is 0 Å². The van der Waals surface area contributed by atoms with Crippen LogP contribution in [0.1, 0.15) is 10.4 Å². The summed E-state index contributed by atoms with van der Waals surface area (Å²) in [5, 5.41) is 4.42. The number of carbonyl (C=O) groups is 1. The maximum atomic E-state index is 12.5. The van der Waals surface area contributed by atoms with Crippen LogP contribution < -0.4 is 5.32 Å². The Kier molecular flexibility index (Phi) is 4.22. The van der Waals surface area contributed by atoms with Gasteiger partial charge in [-0.3, -0.25) is 9.69 Å². The van der Waals surface area contributed by atoms with Crippen molar-refractivity contribution in [1.29, 1.82) is 0 Å². The minimum atomic E-state index is 0.0910. The zero-order valence-electron chi connectivity index (χ0n) is 12.4. The van der Waals surface area contributed by atoms with Gasteiger partial charge in [0.15, 0.2) is 0 Å². The molecule has 5 heteroatoms. The Hall–Kier alpha value is -1.85. The fourth-order valence-corrected chi connectivity index (χ4v) is 2.73. The minimum Gasteiger partial charge on any atom is -0.361 e. The van der Waals surface area contributed by atoms with Gasteiger partial charge in [-0.05, 0) is 24.3 Å². The standard InChI is InChI=1S/C16H22N4O/c1-19(10-11-20-8-6-17-7-9-20)16(21)14-2-3-15-13(12-14)4-5-18-15/h2-5,12,17-18H,6-11H2,1H3. The molecular formula is C16H22N4O. The second-order valence-electron chi connectivity index (χ2n) is 5.60. The van der Waals surface area contributed by atoms with Crippen molar-refractivity contribution in [2.24, 2.45) is 0 Å². The number of nitrogens with one attached hydrogen (secondary N) is 2.